The van der Waals surface area contributed by atoms with Gasteiger partial charge in [0.15, 0.2) is 0 Å². The summed E-state index contributed by atoms with van der Waals surface area (Å²) in [7, 11) is 1.86. The molecule has 4 nitrogen and oxygen atoms in total. The second-order valence-corrected chi connectivity index (χ2v) is 6.43. The quantitative estimate of drug-likeness (QED) is 0.855. The summed E-state index contributed by atoms with van der Waals surface area (Å²) in [6, 6.07) is 0. The fourth-order valence-corrected chi connectivity index (χ4v) is 2.97. The van der Waals surface area contributed by atoms with Gasteiger partial charge in [0.1, 0.15) is 0 Å². The van der Waals surface area contributed by atoms with Crippen molar-refractivity contribution in [3.8, 4) is 0 Å². The van der Waals surface area contributed by atoms with Crippen molar-refractivity contribution in [3.63, 3.8) is 0 Å². The van der Waals surface area contributed by atoms with Crippen molar-refractivity contribution < 1.29 is 5.11 Å². The van der Waals surface area contributed by atoms with Crippen LogP contribution in [0.25, 0.3) is 0 Å². The van der Waals surface area contributed by atoms with E-state index in [4.69, 9.17) is 0 Å². The Morgan fingerprint density at radius 2 is 2.18 bits per heavy atom. The molecule has 0 aliphatic heterocycles. The van der Waals surface area contributed by atoms with Crippen molar-refractivity contribution in [2.75, 3.05) is 0 Å². The van der Waals surface area contributed by atoms with E-state index in [1.165, 1.54) is 0 Å². The van der Waals surface area contributed by atoms with Crippen molar-refractivity contribution in [2.45, 2.75) is 52.1 Å². The van der Waals surface area contributed by atoms with Gasteiger partial charge in [0.2, 0.25) is 0 Å². The molecule has 0 radical (unpaired) electrons. The molecule has 1 aliphatic carbocycles. The van der Waals surface area contributed by atoms with Crippen molar-refractivity contribution in [3.05, 3.63) is 11.9 Å². The normalized spacial score (nSPS) is 32.6. The van der Waals surface area contributed by atoms with Crippen LogP contribution < -0.4 is 0 Å². The predicted molar refractivity (Wildman–Crippen MR) is 66.5 cm³/mol. The summed E-state index contributed by atoms with van der Waals surface area (Å²) in [5.41, 5.74) is 0.640. The molecule has 2 rings (SSSR count). The van der Waals surface area contributed by atoms with Gasteiger partial charge in [0.05, 0.1) is 11.3 Å². The summed E-state index contributed by atoms with van der Waals surface area (Å²) in [5, 5.41) is 18.8. The molecule has 0 spiro atoms. The van der Waals surface area contributed by atoms with Crippen LogP contribution in [0.3, 0.4) is 0 Å². The fraction of sp³-hybridized carbons (Fsp3) is 0.846. The molecule has 0 amide bonds. The molecular weight excluding hydrogens is 214 g/mol. The minimum Gasteiger partial charge on any atom is -0.389 e. The Morgan fingerprint density at radius 3 is 2.71 bits per heavy atom. The number of nitrogens with zero attached hydrogens (tertiary/aromatic N) is 3. The van der Waals surface area contributed by atoms with Crippen LogP contribution >= 0.6 is 0 Å². The standard InChI is InChI=1S/C13H23N3O/c1-10-7-12(2,3)5-6-13(10,17)8-11-9-16(4)15-14-11/h9-10,17H,5-8H2,1-4H3. The summed E-state index contributed by atoms with van der Waals surface area (Å²) in [6.07, 6.45) is 5.53. The maximum absolute atomic E-state index is 10.8. The molecule has 1 aromatic heterocycles. The van der Waals surface area contributed by atoms with Gasteiger partial charge in [-0.3, -0.25) is 4.68 Å². The van der Waals surface area contributed by atoms with E-state index in [1.54, 1.807) is 4.68 Å². The second kappa shape index (κ2) is 4.09. The highest BCUT2D eigenvalue weighted by molar-refractivity contribution is 5.04. The molecule has 1 N–H and O–H groups in total. The van der Waals surface area contributed by atoms with E-state index in [0.29, 0.717) is 17.8 Å². The number of aliphatic hydroxyl groups is 1. The second-order valence-electron chi connectivity index (χ2n) is 6.43. The van der Waals surface area contributed by atoms with Crippen LogP contribution in [0.1, 0.15) is 45.7 Å². The molecule has 1 aromatic rings. The Morgan fingerprint density at radius 1 is 1.47 bits per heavy atom. The first kappa shape index (κ1) is 12.6. The zero-order chi connectivity index (χ0) is 12.7. The lowest BCUT2D eigenvalue weighted by atomic mass is 9.64. The number of aromatic nitrogens is 3. The summed E-state index contributed by atoms with van der Waals surface area (Å²) < 4.78 is 1.69. The molecule has 2 unspecified atom stereocenters. The van der Waals surface area contributed by atoms with Gasteiger partial charge >= 0.3 is 0 Å². The van der Waals surface area contributed by atoms with Crippen LogP contribution in [0.2, 0.25) is 0 Å². The maximum Gasteiger partial charge on any atom is 0.0855 e. The lowest BCUT2D eigenvalue weighted by molar-refractivity contribution is -0.0710. The molecule has 4 heteroatoms. The van der Waals surface area contributed by atoms with Gasteiger partial charge in [-0.2, -0.15) is 0 Å². The van der Waals surface area contributed by atoms with Crippen LogP contribution in [-0.2, 0) is 13.5 Å². The third-order valence-electron chi connectivity index (χ3n) is 4.15. The van der Waals surface area contributed by atoms with Crippen LogP contribution in [0.4, 0.5) is 0 Å². The Labute approximate surface area is 103 Å². The molecule has 1 aliphatic rings. The van der Waals surface area contributed by atoms with E-state index in [2.05, 4.69) is 31.1 Å². The number of hydrogen-bond acceptors (Lipinski definition) is 3. The zero-order valence-corrected chi connectivity index (χ0v) is 11.3. The Balaban J connectivity index is 2.09. The fourth-order valence-electron chi connectivity index (χ4n) is 2.97. The predicted octanol–water partition coefficient (Wildman–Crippen LogP) is 1.93. The molecular formula is C13H23N3O. The van der Waals surface area contributed by atoms with Crippen molar-refractivity contribution in [1.29, 1.82) is 0 Å². The Bertz CT molecular complexity index is 399. The highest BCUT2D eigenvalue weighted by atomic mass is 16.3. The molecule has 2 atom stereocenters. The maximum atomic E-state index is 10.8. The molecule has 17 heavy (non-hydrogen) atoms. The monoisotopic (exact) mass is 237 g/mol. The first-order valence-corrected chi connectivity index (χ1v) is 6.38. The minimum atomic E-state index is -0.606. The smallest absolute Gasteiger partial charge is 0.0855 e. The Kier molecular flexibility index (Phi) is 3.02. The highest BCUT2D eigenvalue weighted by Gasteiger charge is 2.42. The number of rotatable bonds is 2. The molecule has 0 bridgehead atoms. The van der Waals surface area contributed by atoms with E-state index in [9.17, 15) is 5.11 Å². The first-order chi connectivity index (χ1) is 7.81. The van der Waals surface area contributed by atoms with E-state index < -0.39 is 5.60 Å². The van der Waals surface area contributed by atoms with Gasteiger partial charge in [0, 0.05) is 19.7 Å². The van der Waals surface area contributed by atoms with E-state index >= 15 is 0 Å². The van der Waals surface area contributed by atoms with Gasteiger partial charge in [-0.25, -0.2) is 0 Å². The van der Waals surface area contributed by atoms with E-state index in [-0.39, 0.29) is 0 Å². The van der Waals surface area contributed by atoms with Crippen molar-refractivity contribution in [2.24, 2.45) is 18.4 Å². The van der Waals surface area contributed by atoms with Gasteiger partial charge in [-0.1, -0.05) is 26.0 Å². The molecule has 1 fully saturated rings. The summed E-state index contributed by atoms with van der Waals surface area (Å²) in [6.45, 7) is 6.72. The summed E-state index contributed by atoms with van der Waals surface area (Å²) >= 11 is 0. The molecule has 0 saturated heterocycles. The minimum absolute atomic E-state index is 0.313. The summed E-state index contributed by atoms with van der Waals surface area (Å²) in [5.74, 6) is 0.313. The van der Waals surface area contributed by atoms with Crippen molar-refractivity contribution >= 4 is 0 Å². The van der Waals surface area contributed by atoms with Gasteiger partial charge < -0.3 is 5.11 Å². The third kappa shape index (κ3) is 2.68. The largest absolute Gasteiger partial charge is 0.389 e. The van der Waals surface area contributed by atoms with Crippen LogP contribution in [0.15, 0.2) is 6.20 Å². The number of aryl methyl sites for hydroxylation is 1. The number of hydrogen-bond donors (Lipinski definition) is 1. The van der Waals surface area contributed by atoms with Crippen LogP contribution in [-0.4, -0.2) is 25.7 Å². The van der Waals surface area contributed by atoms with Crippen molar-refractivity contribution in [1.82, 2.24) is 15.0 Å². The topological polar surface area (TPSA) is 50.9 Å². The first-order valence-electron chi connectivity index (χ1n) is 6.38. The Hall–Kier alpha value is -0.900. The lowest BCUT2D eigenvalue weighted by Gasteiger charge is -2.45. The van der Waals surface area contributed by atoms with Crippen LogP contribution in [0.5, 0.6) is 0 Å². The van der Waals surface area contributed by atoms with E-state index in [1.807, 2.05) is 13.2 Å². The van der Waals surface area contributed by atoms with Gasteiger partial charge in [-0.15, -0.1) is 5.10 Å². The molecule has 0 aromatic carbocycles. The molecule has 96 valence electrons. The average Bonchev–Trinajstić information content (AvgIpc) is 2.59. The molecule has 1 heterocycles. The zero-order valence-electron chi connectivity index (χ0n) is 11.3. The lowest BCUT2D eigenvalue weighted by Crippen LogP contribution is -2.45. The third-order valence-corrected chi connectivity index (χ3v) is 4.15. The van der Waals surface area contributed by atoms with Gasteiger partial charge in [0.25, 0.3) is 0 Å². The highest BCUT2D eigenvalue weighted by Crippen LogP contribution is 2.44. The molecule has 1 saturated carbocycles. The summed E-state index contributed by atoms with van der Waals surface area (Å²) in [4.78, 5) is 0. The van der Waals surface area contributed by atoms with Crippen LogP contribution in [0, 0.1) is 11.3 Å². The van der Waals surface area contributed by atoms with Gasteiger partial charge in [-0.05, 0) is 30.6 Å². The SMILES string of the molecule is CC1CC(C)(C)CCC1(O)Cc1cn(C)nn1. The average molecular weight is 237 g/mol. The van der Waals surface area contributed by atoms with E-state index in [0.717, 1.165) is 25.0 Å².